The van der Waals surface area contributed by atoms with Crippen LogP contribution in [-0.4, -0.2) is 17.5 Å². The van der Waals surface area contributed by atoms with Gasteiger partial charge in [0.25, 0.3) is 5.91 Å². The highest BCUT2D eigenvalue weighted by atomic mass is 35.5. The van der Waals surface area contributed by atoms with Crippen LogP contribution >= 0.6 is 23.2 Å². The van der Waals surface area contributed by atoms with Crippen LogP contribution in [0, 0.1) is 0 Å². The van der Waals surface area contributed by atoms with E-state index in [1.165, 1.54) is 5.56 Å². The molecule has 1 aromatic carbocycles. The van der Waals surface area contributed by atoms with Crippen molar-refractivity contribution in [2.24, 2.45) is 0 Å². The predicted octanol–water partition coefficient (Wildman–Crippen LogP) is 4.20. The summed E-state index contributed by atoms with van der Waals surface area (Å²) in [6, 6.07) is 8.96. The Hall–Kier alpha value is -1.78. The SMILES string of the molecule is CCOc1ccc(Cl)c(C(=O)NC2CCc3cc(Cl)ccc32)n1. The molecule has 0 bridgehead atoms. The van der Waals surface area contributed by atoms with Gasteiger partial charge in [0.05, 0.1) is 17.7 Å². The fourth-order valence-corrected chi connectivity index (χ4v) is 3.16. The third-order valence-electron chi connectivity index (χ3n) is 3.82. The van der Waals surface area contributed by atoms with Gasteiger partial charge in [0.2, 0.25) is 5.88 Å². The molecule has 6 heteroatoms. The first-order chi connectivity index (χ1) is 11.1. The summed E-state index contributed by atoms with van der Waals surface area (Å²) < 4.78 is 5.33. The fourth-order valence-electron chi connectivity index (χ4n) is 2.77. The first kappa shape index (κ1) is 16.1. The Morgan fingerprint density at radius 1 is 1.35 bits per heavy atom. The lowest BCUT2D eigenvalue weighted by Gasteiger charge is -2.15. The van der Waals surface area contributed by atoms with Crippen molar-refractivity contribution in [1.29, 1.82) is 0 Å². The molecule has 23 heavy (non-hydrogen) atoms. The molecule has 2 aromatic rings. The van der Waals surface area contributed by atoms with Crippen LogP contribution in [0.25, 0.3) is 0 Å². The summed E-state index contributed by atoms with van der Waals surface area (Å²) in [6.45, 7) is 2.34. The molecule has 120 valence electrons. The quantitative estimate of drug-likeness (QED) is 0.898. The molecule has 4 nitrogen and oxygen atoms in total. The van der Waals surface area contributed by atoms with E-state index >= 15 is 0 Å². The van der Waals surface area contributed by atoms with Crippen LogP contribution in [0.3, 0.4) is 0 Å². The summed E-state index contributed by atoms with van der Waals surface area (Å²) in [5.74, 6) is 0.0880. The summed E-state index contributed by atoms with van der Waals surface area (Å²) in [4.78, 5) is 16.7. The molecule has 1 aromatic heterocycles. The Balaban J connectivity index is 1.80. The number of pyridine rings is 1. The van der Waals surface area contributed by atoms with E-state index in [4.69, 9.17) is 27.9 Å². The van der Waals surface area contributed by atoms with Crippen molar-refractivity contribution in [3.05, 3.63) is 57.2 Å². The van der Waals surface area contributed by atoms with Crippen molar-refractivity contribution in [3.63, 3.8) is 0 Å². The Kier molecular flexibility index (Phi) is 4.74. The van der Waals surface area contributed by atoms with Crippen molar-refractivity contribution in [2.75, 3.05) is 6.61 Å². The molecule has 0 spiro atoms. The highest BCUT2D eigenvalue weighted by Crippen LogP contribution is 2.33. The van der Waals surface area contributed by atoms with Crippen LogP contribution in [0.5, 0.6) is 5.88 Å². The lowest BCUT2D eigenvalue weighted by molar-refractivity contribution is 0.0930. The maximum absolute atomic E-state index is 12.5. The molecule has 3 rings (SSSR count). The molecule has 1 aliphatic carbocycles. The monoisotopic (exact) mass is 350 g/mol. The number of carbonyl (C=O) groups excluding carboxylic acids is 1. The van der Waals surface area contributed by atoms with Crippen LogP contribution in [0.1, 0.15) is 41.0 Å². The zero-order chi connectivity index (χ0) is 16.4. The number of aryl methyl sites for hydroxylation is 1. The van der Waals surface area contributed by atoms with E-state index in [0.29, 0.717) is 22.5 Å². The number of hydrogen-bond acceptors (Lipinski definition) is 3. The summed E-state index contributed by atoms with van der Waals surface area (Å²) in [7, 11) is 0. The van der Waals surface area contributed by atoms with Gasteiger partial charge in [-0.15, -0.1) is 0 Å². The molecule has 1 N–H and O–H groups in total. The van der Waals surface area contributed by atoms with Crippen molar-refractivity contribution in [3.8, 4) is 5.88 Å². The zero-order valence-electron chi connectivity index (χ0n) is 12.6. The summed E-state index contributed by atoms with van der Waals surface area (Å²) in [5, 5.41) is 4.02. The lowest BCUT2D eigenvalue weighted by Crippen LogP contribution is -2.28. The van der Waals surface area contributed by atoms with Crippen LogP contribution in [0.2, 0.25) is 10.0 Å². The molecule has 0 aliphatic heterocycles. The maximum atomic E-state index is 12.5. The van der Waals surface area contributed by atoms with E-state index in [9.17, 15) is 4.79 Å². The normalized spacial score (nSPS) is 16.0. The Morgan fingerprint density at radius 3 is 2.96 bits per heavy atom. The van der Waals surface area contributed by atoms with Gasteiger partial charge in [0.15, 0.2) is 5.69 Å². The number of nitrogens with one attached hydrogen (secondary N) is 1. The van der Waals surface area contributed by atoms with Gasteiger partial charge in [-0.25, -0.2) is 4.98 Å². The number of rotatable bonds is 4. The van der Waals surface area contributed by atoms with Gasteiger partial charge < -0.3 is 10.1 Å². The van der Waals surface area contributed by atoms with Crippen LogP contribution < -0.4 is 10.1 Å². The summed E-state index contributed by atoms with van der Waals surface area (Å²) in [6.07, 6.45) is 1.73. The number of carbonyl (C=O) groups is 1. The first-order valence-corrected chi connectivity index (χ1v) is 8.22. The number of nitrogens with zero attached hydrogens (tertiary/aromatic N) is 1. The minimum atomic E-state index is -0.302. The van der Waals surface area contributed by atoms with Gasteiger partial charge in [-0.3, -0.25) is 4.79 Å². The molecule has 0 saturated carbocycles. The molecule has 1 atom stereocenters. The number of benzene rings is 1. The molecular formula is C17H16Cl2N2O2. The van der Waals surface area contributed by atoms with E-state index < -0.39 is 0 Å². The highest BCUT2D eigenvalue weighted by molar-refractivity contribution is 6.33. The topological polar surface area (TPSA) is 51.2 Å². The number of halogens is 2. The van der Waals surface area contributed by atoms with Gasteiger partial charge in [0.1, 0.15) is 0 Å². The van der Waals surface area contributed by atoms with E-state index in [0.717, 1.165) is 18.4 Å². The molecule has 0 radical (unpaired) electrons. The van der Waals surface area contributed by atoms with Gasteiger partial charge in [-0.1, -0.05) is 29.3 Å². The molecule has 1 amide bonds. The second-order valence-corrected chi connectivity index (χ2v) is 6.16. The van der Waals surface area contributed by atoms with E-state index in [2.05, 4.69) is 10.3 Å². The van der Waals surface area contributed by atoms with Crippen molar-refractivity contribution in [1.82, 2.24) is 10.3 Å². The molecule has 1 unspecified atom stereocenters. The van der Waals surface area contributed by atoms with E-state index in [1.54, 1.807) is 12.1 Å². The van der Waals surface area contributed by atoms with Gasteiger partial charge >= 0.3 is 0 Å². The predicted molar refractivity (Wildman–Crippen MR) is 90.4 cm³/mol. The number of fused-ring (bicyclic) bond motifs is 1. The molecule has 0 saturated heterocycles. The lowest BCUT2D eigenvalue weighted by atomic mass is 10.1. The highest BCUT2D eigenvalue weighted by Gasteiger charge is 2.25. The largest absolute Gasteiger partial charge is 0.478 e. The van der Waals surface area contributed by atoms with Crippen LogP contribution in [0.15, 0.2) is 30.3 Å². The average Bonchev–Trinajstić information content (AvgIpc) is 2.91. The maximum Gasteiger partial charge on any atom is 0.272 e. The first-order valence-electron chi connectivity index (χ1n) is 7.47. The van der Waals surface area contributed by atoms with E-state index in [1.807, 2.05) is 25.1 Å². The van der Waals surface area contributed by atoms with Crippen molar-refractivity contribution >= 4 is 29.1 Å². The van der Waals surface area contributed by atoms with Crippen LogP contribution in [-0.2, 0) is 6.42 Å². The summed E-state index contributed by atoms with van der Waals surface area (Å²) >= 11 is 12.1. The second kappa shape index (κ2) is 6.77. The minimum Gasteiger partial charge on any atom is -0.478 e. The number of aromatic nitrogens is 1. The van der Waals surface area contributed by atoms with E-state index in [-0.39, 0.29) is 17.6 Å². The molecule has 1 heterocycles. The average molecular weight is 351 g/mol. The Labute approximate surface area is 144 Å². The third-order valence-corrected chi connectivity index (χ3v) is 4.36. The number of amides is 1. The smallest absolute Gasteiger partial charge is 0.272 e. The van der Waals surface area contributed by atoms with Gasteiger partial charge in [-0.05, 0) is 49.1 Å². The van der Waals surface area contributed by atoms with Gasteiger partial charge in [-0.2, -0.15) is 0 Å². The molecular weight excluding hydrogens is 335 g/mol. The number of ether oxygens (including phenoxy) is 1. The number of hydrogen-bond donors (Lipinski definition) is 1. The Morgan fingerprint density at radius 2 is 2.17 bits per heavy atom. The van der Waals surface area contributed by atoms with Crippen molar-refractivity contribution in [2.45, 2.75) is 25.8 Å². The fraction of sp³-hybridized carbons (Fsp3) is 0.294. The van der Waals surface area contributed by atoms with Gasteiger partial charge in [0, 0.05) is 11.1 Å². The second-order valence-electron chi connectivity index (χ2n) is 5.32. The third kappa shape index (κ3) is 3.43. The zero-order valence-corrected chi connectivity index (χ0v) is 14.1. The van der Waals surface area contributed by atoms with Crippen molar-refractivity contribution < 1.29 is 9.53 Å². The minimum absolute atomic E-state index is 0.0524. The molecule has 0 fully saturated rings. The summed E-state index contributed by atoms with van der Waals surface area (Å²) in [5.41, 5.74) is 2.45. The Bertz CT molecular complexity index is 749. The van der Waals surface area contributed by atoms with Crippen LogP contribution in [0.4, 0.5) is 0 Å². The standard InChI is InChI=1S/C17H16Cl2N2O2/c1-2-23-15-8-6-13(19)16(21-15)17(22)20-14-7-3-10-9-11(18)4-5-12(10)14/h4-6,8-9,14H,2-3,7H2,1H3,(H,20,22). The molecule has 1 aliphatic rings.